The maximum absolute atomic E-state index is 3.19. The normalized spacial score (nSPS) is 36.3. The Morgan fingerprint density at radius 2 is 2.33 bits per heavy atom. The number of nitrogens with one attached hydrogen (secondary N) is 1. The SMILES string of the molecule is CNC[C@@H]1[C@H](C)CN1C. The Labute approximate surface area is 57.2 Å². The molecule has 0 unspecified atom stereocenters. The molecule has 2 nitrogen and oxygen atoms in total. The van der Waals surface area contributed by atoms with Gasteiger partial charge < -0.3 is 10.2 Å². The molecule has 0 aromatic rings. The van der Waals surface area contributed by atoms with Crippen molar-refractivity contribution < 1.29 is 0 Å². The van der Waals surface area contributed by atoms with Crippen LogP contribution in [0.3, 0.4) is 0 Å². The molecule has 0 saturated carbocycles. The van der Waals surface area contributed by atoms with Crippen LogP contribution in [-0.4, -0.2) is 38.1 Å². The Kier molecular flexibility index (Phi) is 2.09. The molecule has 2 atom stereocenters. The predicted octanol–water partition coefficient (Wildman–Crippen LogP) is 0.156. The van der Waals surface area contributed by atoms with E-state index in [-0.39, 0.29) is 0 Å². The molecule has 1 saturated heterocycles. The van der Waals surface area contributed by atoms with Crippen molar-refractivity contribution in [2.45, 2.75) is 13.0 Å². The maximum Gasteiger partial charge on any atom is 0.0255 e. The third-order valence-electron chi connectivity index (χ3n) is 2.21. The van der Waals surface area contributed by atoms with Gasteiger partial charge in [-0.25, -0.2) is 0 Å². The molecule has 0 radical (unpaired) electrons. The fourth-order valence-corrected chi connectivity index (χ4v) is 1.57. The number of hydrogen-bond donors (Lipinski definition) is 1. The quantitative estimate of drug-likeness (QED) is 0.569. The second-order valence-electron chi connectivity index (χ2n) is 3.04. The molecule has 0 aliphatic carbocycles. The van der Waals surface area contributed by atoms with E-state index in [1.807, 2.05) is 7.05 Å². The Morgan fingerprint density at radius 3 is 2.56 bits per heavy atom. The van der Waals surface area contributed by atoms with Gasteiger partial charge in [-0.3, -0.25) is 0 Å². The molecule has 0 amide bonds. The molecule has 54 valence electrons. The molecule has 1 fully saturated rings. The first-order chi connectivity index (χ1) is 4.25. The minimum atomic E-state index is 0.787. The lowest BCUT2D eigenvalue weighted by Crippen LogP contribution is -2.56. The highest BCUT2D eigenvalue weighted by atomic mass is 15.2. The molecule has 1 heterocycles. The number of likely N-dealkylation sites (N-methyl/N-ethyl adjacent to an activating group) is 2. The van der Waals surface area contributed by atoms with E-state index in [9.17, 15) is 0 Å². The summed E-state index contributed by atoms with van der Waals surface area (Å²) in [5.41, 5.74) is 0. The lowest BCUT2D eigenvalue weighted by molar-refractivity contribution is 0.0551. The molecular formula is C7H16N2. The zero-order valence-electron chi connectivity index (χ0n) is 6.52. The molecule has 0 aromatic carbocycles. The van der Waals surface area contributed by atoms with Gasteiger partial charge in [-0.15, -0.1) is 0 Å². The molecule has 1 N–H and O–H groups in total. The van der Waals surface area contributed by atoms with E-state index in [2.05, 4.69) is 24.2 Å². The van der Waals surface area contributed by atoms with E-state index >= 15 is 0 Å². The first kappa shape index (κ1) is 7.03. The van der Waals surface area contributed by atoms with Crippen molar-refractivity contribution >= 4 is 0 Å². The predicted molar refractivity (Wildman–Crippen MR) is 39.5 cm³/mol. The number of nitrogens with zero attached hydrogens (tertiary/aromatic N) is 1. The van der Waals surface area contributed by atoms with Crippen LogP contribution in [0.4, 0.5) is 0 Å². The van der Waals surface area contributed by atoms with Crippen LogP contribution < -0.4 is 5.32 Å². The summed E-state index contributed by atoms with van der Waals surface area (Å²) in [6.45, 7) is 4.71. The largest absolute Gasteiger partial charge is 0.318 e. The van der Waals surface area contributed by atoms with Gasteiger partial charge in [0, 0.05) is 19.1 Å². The molecule has 2 heteroatoms. The zero-order valence-corrected chi connectivity index (χ0v) is 6.52. The number of hydrogen-bond acceptors (Lipinski definition) is 2. The highest BCUT2D eigenvalue weighted by Crippen LogP contribution is 2.20. The van der Waals surface area contributed by atoms with Gasteiger partial charge in [0.1, 0.15) is 0 Å². The van der Waals surface area contributed by atoms with Gasteiger partial charge in [-0.1, -0.05) is 6.92 Å². The standard InChI is InChI=1S/C7H16N2/c1-6-5-9(3)7(6)4-8-2/h6-8H,4-5H2,1-3H3/t6-,7-/m1/s1. The first-order valence-electron chi connectivity index (χ1n) is 3.60. The summed E-state index contributed by atoms with van der Waals surface area (Å²) in [7, 11) is 4.20. The topological polar surface area (TPSA) is 15.3 Å². The van der Waals surface area contributed by atoms with Gasteiger partial charge in [0.05, 0.1) is 0 Å². The molecule has 1 rings (SSSR count). The van der Waals surface area contributed by atoms with Crippen molar-refractivity contribution in [2.75, 3.05) is 27.2 Å². The monoisotopic (exact) mass is 128 g/mol. The van der Waals surface area contributed by atoms with Crippen molar-refractivity contribution in [1.82, 2.24) is 10.2 Å². The van der Waals surface area contributed by atoms with Gasteiger partial charge >= 0.3 is 0 Å². The Hall–Kier alpha value is -0.0800. The summed E-state index contributed by atoms with van der Waals surface area (Å²) < 4.78 is 0. The Bertz CT molecular complexity index is 84.9. The third kappa shape index (κ3) is 1.25. The minimum absolute atomic E-state index is 0.787. The lowest BCUT2D eigenvalue weighted by atomic mass is 9.91. The highest BCUT2D eigenvalue weighted by Gasteiger charge is 2.31. The van der Waals surface area contributed by atoms with Crippen molar-refractivity contribution in [2.24, 2.45) is 5.92 Å². The third-order valence-corrected chi connectivity index (χ3v) is 2.21. The first-order valence-corrected chi connectivity index (χ1v) is 3.60. The van der Waals surface area contributed by atoms with Crippen LogP contribution in [0.25, 0.3) is 0 Å². The van der Waals surface area contributed by atoms with Crippen LogP contribution in [-0.2, 0) is 0 Å². The molecule has 1 aliphatic rings. The van der Waals surface area contributed by atoms with E-state index in [0.717, 1.165) is 18.5 Å². The van der Waals surface area contributed by atoms with E-state index in [1.54, 1.807) is 0 Å². The highest BCUT2D eigenvalue weighted by molar-refractivity contribution is 4.87. The van der Waals surface area contributed by atoms with Gasteiger partial charge in [0.25, 0.3) is 0 Å². The van der Waals surface area contributed by atoms with E-state index in [0.29, 0.717) is 0 Å². The summed E-state index contributed by atoms with van der Waals surface area (Å²) in [6.07, 6.45) is 0. The molecule has 0 spiro atoms. The zero-order chi connectivity index (χ0) is 6.85. The summed E-state index contributed by atoms with van der Waals surface area (Å²) in [4.78, 5) is 2.39. The van der Waals surface area contributed by atoms with Crippen molar-refractivity contribution in [3.63, 3.8) is 0 Å². The van der Waals surface area contributed by atoms with Gasteiger partial charge in [-0.05, 0) is 20.0 Å². The van der Waals surface area contributed by atoms with Crippen LogP contribution in [0, 0.1) is 5.92 Å². The second-order valence-corrected chi connectivity index (χ2v) is 3.04. The van der Waals surface area contributed by atoms with Crippen molar-refractivity contribution in [3.05, 3.63) is 0 Å². The van der Waals surface area contributed by atoms with Crippen LogP contribution in [0.5, 0.6) is 0 Å². The average Bonchev–Trinajstić information content (AvgIpc) is 1.84. The van der Waals surface area contributed by atoms with Gasteiger partial charge in [0.15, 0.2) is 0 Å². The molecule has 0 bridgehead atoms. The van der Waals surface area contributed by atoms with E-state index < -0.39 is 0 Å². The summed E-state index contributed by atoms with van der Waals surface area (Å²) >= 11 is 0. The summed E-state index contributed by atoms with van der Waals surface area (Å²) in [5, 5.41) is 3.19. The van der Waals surface area contributed by atoms with E-state index in [1.165, 1.54) is 6.54 Å². The number of likely N-dealkylation sites (tertiary alicyclic amines) is 1. The lowest BCUT2D eigenvalue weighted by Gasteiger charge is -2.44. The maximum atomic E-state index is 3.19. The van der Waals surface area contributed by atoms with Crippen LogP contribution in [0.2, 0.25) is 0 Å². The molecule has 0 aromatic heterocycles. The van der Waals surface area contributed by atoms with Gasteiger partial charge in [0.2, 0.25) is 0 Å². The van der Waals surface area contributed by atoms with Crippen LogP contribution in [0.1, 0.15) is 6.92 Å². The Balaban J connectivity index is 2.22. The summed E-state index contributed by atoms with van der Waals surface area (Å²) in [6, 6.07) is 0.787. The average molecular weight is 128 g/mol. The smallest absolute Gasteiger partial charge is 0.0255 e. The minimum Gasteiger partial charge on any atom is -0.318 e. The van der Waals surface area contributed by atoms with Crippen molar-refractivity contribution in [3.8, 4) is 0 Å². The fourth-order valence-electron chi connectivity index (χ4n) is 1.57. The van der Waals surface area contributed by atoms with Crippen molar-refractivity contribution in [1.29, 1.82) is 0 Å². The van der Waals surface area contributed by atoms with Crippen LogP contribution >= 0.6 is 0 Å². The molecule has 9 heavy (non-hydrogen) atoms. The Morgan fingerprint density at radius 1 is 1.67 bits per heavy atom. The summed E-state index contributed by atoms with van der Waals surface area (Å²) in [5.74, 6) is 0.891. The van der Waals surface area contributed by atoms with Gasteiger partial charge in [-0.2, -0.15) is 0 Å². The molecular weight excluding hydrogens is 112 g/mol. The van der Waals surface area contributed by atoms with E-state index in [4.69, 9.17) is 0 Å². The fraction of sp³-hybridized carbons (Fsp3) is 1.00. The van der Waals surface area contributed by atoms with Crippen LogP contribution in [0.15, 0.2) is 0 Å². The second kappa shape index (κ2) is 2.67. The number of rotatable bonds is 2. The molecule has 1 aliphatic heterocycles.